The van der Waals surface area contributed by atoms with Crippen LogP contribution < -0.4 is 10.6 Å². The minimum Gasteiger partial charge on any atom is -0.465 e. The van der Waals surface area contributed by atoms with Crippen LogP contribution in [0, 0.1) is 5.92 Å². The van der Waals surface area contributed by atoms with E-state index in [-0.39, 0.29) is 23.5 Å². The minimum absolute atomic E-state index is 0.0140. The largest absolute Gasteiger partial charge is 0.465 e. The van der Waals surface area contributed by atoms with Gasteiger partial charge in [0.1, 0.15) is 16.4 Å². The number of anilines is 1. The zero-order chi connectivity index (χ0) is 22.9. The molecule has 2 aliphatic rings. The first kappa shape index (κ1) is 22.0. The average Bonchev–Trinajstić information content (AvgIpc) is 3.21. The lowest BCUT2D eigenvalue weighted by atomic mass is 9.79. The van der Waals surface area contributed by atoms with E-state index >= 15 is 0 Å². The summed E-state index contributed by atoms with van der Waals surface area (Å²) in [6, 6.07) is 8.09. The molecule has 3 N–H and O–H groups in total. The van der Waals surface area contributed by atoms with Crippen molar-refractivity contribution in [1.82, 2.24) is 10.3 Å². The van der Waals surface area contributed by atoms with Crippen LogP contribution >= 0.6 is 11.3 Å². The smallest absolute Gasteiger partial charge is 0.414 e. The number of aromatic nitrogens is 1. The van der Waals surface area contributed by atoms with Gasteiger partial charge in [0.25, 0.3) is 11.9 Å². The first-order valence-electron chi connectivity index (χ1n) is 9.41. The third kappa shape index (κ3) is 4.39. The first-order valence-corrected chi connectivity index (χ1v) is 10.3. The summed E-state index contributed by atoms with van der Waals surface area (Å²) in [5.41, 5.74) is -1.03. The lowest BCUT2D eigenvalue weighted by Gasteiger charge is -2.45. The molecule has 0 aliphatic carbocycles. The molecule has 1 aromatic carbocycles. The first-order chi connectivity index (χ1) is 15.2. The molecule has 3 atom stereocenters. The number of thiazole rings is 1. The van der Waals surface area contributed by atoms with Crippen LogP contribution in [0.15, 0.2) is 40.7 Å². The standard InChI is InChI=1S/C19H17F3N4O5S/c20-19(21,22)12-6-11-7-30-16(25-14(27)10-4-2-1-3-5-10)26-18(11,9-31-12)15-23-13(8-32-15)24-17(28)29/h1-5,8,11-12,24H,6-7,9H2,(H,28,29)(H,25,26,27)/t11-,12+,18-/m0/s1. The van der Waals surface area contributed by atoms with E-state index in [0.29, 0.717) is 5.56 Å². The number of carboxylic acid groups (broad SMARTS) is 1. The maximum absolute atomic E-state index is 13.3. The van der Waals surface area contributed by atoms with Crippen LogP contribution in [0.4, 0.5) is 23.8 Å². The second-order valence-corrected chi connectivity index (χ2v) is 8.07. The topological polar surface area (TPSA) is 122 Å². The van der Waals surface area contributed by atoms with E-state index in [9.17, 15) is 22.8 Å². The van der Waals surface area contributed by atoms with Crippen LogP contribution in [0.1, 0.15) is 21.8 Å². The number of amidine groups is 1. The highest BCUT2D eigenvalue weighted by atomic mass is 32.1. The maximum atomic E-state index is 13.3. The van der Waals surface area contributed by atoms with Gasteiger partial charge < -0.3 is 14.6 Å². The Hall–Kier alpha value is -3.19. The SMILES string of the molecule is O=C(O)Nc1csc([C@]23CO[C@@H](C(F)(F)F)C[C@H]2COC(NC(=O)c2ccccc2)=N3)n1. The lowest BCUT2D eigenvalue weighted by Crippen LogP contribution is -2.55. The second kappa shape index (κ2) is 8.39. The summed E-state index contributed by atoms with van der Waals surface area (Å²) in [7, 11) is 0. The summed E-state index contributed by atoms with van der Waals surface area (Å²) in [6.45, 7) is -0.624. The zero-order valence-corrected chi connectivity index (χ0v) is 17.1. The van der Waals surface area contributed by atoms with Gasteiger partial charge in [0.2, 0.25) is 0 Å². The molecule has 0 radical (unpaired) electrons. The molecule has 0 unspecified atom stereocenters. The molecular formula is C19H17F3N4O5S. The molecule has 32 heavy (non-hydrogen) atoms. The predicted octanol–water partition coefficient (Wildman–Crippen LogP) is 3.21. The molecule has 1 aromatic heterocycles. The predicted molar refractivity (Wildman–Crippen MR) is 107 cm³/mol. The third-order valence-electron chi connectivity index (χ3n) is 5.13. The molecule has 13 heteroatoms. The minimum atomic E-state index is -4.56. The number of rotatable bonds is 3. The van der Waals surface area contributed by atoms with Gasteiger partial charge in [0.05, 0.1) is 13.2 Å². The Morgan fingerprint density at radius 1 is 1.22 bits per heavy atom. The van der Waals surface area contributed by atoms with Crippen molar-refractivity contribution in [3.8, 4) is 0 Å². The molecule has 2 aromatic rings. The number of ether oxygens (including phenoxy) is 2. The van der Waals surface area contributed by atoms with Gasteiger partial charge in [0.15, 0.2) is 6.10 Å². The van der Waals surface area contributed by atoms with E-state index in [4.69, 9.17) is 14.6 Å². The van der Waals surface area contributed by atoms with Crippen molar-refractivity contribution in [3.63, 3.8) is 0 Å². The Kier molecular flexibility index (Phi) is 5.77. The van der Waals surface area contributed by atoms with Crippen LogP contribution in [0.5, 0.6) is 0 Å². The van der Waals surface area contributed by atoms with Crippen LogP contribution in [-0.2, 0) is 15.0 Å². The Morgan fingerprint density at radius 2 is 1.97 bits per heavy atom. The highest BCUT2D eigenvalue weighted by Gasteiger charge is 2.56. The number of nitrogens with one attached hydrogen (secondary N) is 2. The number of fused-ring (bicyclic) bond motifs is 1. The molecule has 0 spiro atoms. The molecule has 9 nitrogen and oxygen atoms in total. The fourth-order valence-corrected chi connectivity index (χ4v) is 4.53. The van der Waals surface area contributed by atoms with Crippen molar-refractivity contribution in [1.29, 1.82) is 0 Å². The molecule has 1 saturated heterocycles. The van der Waals surface area contributed by atoms with Crippen molar-refractivity contribution in [3.05, 3.63) is 46.3 Å². The number of benzene rings is 1. The third-order valence-corrected chi connectivity index (χ3v) is 6.14. The Balaban J connectivity index is 1.66. The summed E-state index contributed by atoms with van der Waals surface area (Å²) in [6.07, 6.45) is -8.30. The monoisotopic (exact) mass is 470 g/mol. The Labute approximate surface area is 183 Å². The maximum Gasteiger partial charge on any atom is 0.414 e. The molecule has 170 valence electrons. The van der Waals surface area contributed by atoms with Crippen LogP contribution in [0.25, 0.3) is 0 Å². The fraction of sp³-hybridized carbons (Fsp3) is 0.368. The summed E-state index contributed by atoms with van der Waals surface area (Å²) in [4.78, 5) is 32.0. The highest BCUT2D eigenvalue weighted by molar-refractivity contribution is 7.10. The normalized spacial score (nSPS) is 25.2. The number of carbonyl (C=O) groups excluding carboxylic acids is 1. The van der Waals surface area contributed by atoms with E-state index in [1.165, 1.54) is 5.38 Å². The lowest BCUT2D eigenvalue weighted by molar-refractivity contribution is -0.249. The van der Waals surface area contributed by atoms with E-state index < -0.39 is 48.8 Å². The number of hydrogen-bond donors (Lipinski definition) is 3. The van der Waals surface area contributed by atoms with Gasteiger partial charge in [-0.15, -0.1) is 11.3 Å². The molecule has 4 rings (SSSR count). The fourth-order valence-electron chi connectivity index (χ4n) is 3.56. The summed E-state index contributed by atoms with van der Waals surface area (Å²) in [5.74, 6) is -1.25. The second-order valence-electron chi connectivity index (χ2n) is 7.21. The highest BCUT2D eigenvalue weighted by Crippen LogP contribution is 2.47. The molecule has 0 bridgehead atoms. The molecule has 2 amide bonds. The van der Waals surface area contributed by atoms with Crippen molar-refractivity contribution in [2.45, 2.75) is 24.2 Å². The number of alkyl halides is 3. The van der Waals surface area contributed by atoms with Crippen LogP contribution in [0.2, 0.25) is 0 Å². The van der Waals surface area contributed by atoms with Gasteiger partial charge in [0, 0.05) is 16.9 Å². The number of aliphatic imine (C=N–C) groups is 1. The number of carbonyl (C=O) groups is 2. The van der Waals surface area contributed by atoms with E-state index in [1.54, 1.807) is 30.3 Å². The molecular weight excluding hydrogens is 453 g/mol. The summed E-state index contributed by atoms with van der Waals surface area (Å²) >= 11 is 1.03. The van der Waals surface area contributed by atoms with Gasteiger partial charge >= 0.3 is 12.3 Å². The van der Waals surface area contributed by atoms with Crippen molar-refractivity contribution >= 4 is 35.2 Å². The van der Waals surface area contributed by atoms with Gasteiger partial charge in [-0.3, -0.25) is 15.4 Å². The summed E-state index contributed by atoms with van der Waals surface area (Å²) in [5, 5.41) is 15.2. The number of halogens is 3. The molecule has 1 fully saturated rings. The Morgan fingerprint density at radius 3 is 2.66 bits per heavy atom. The van der Waals surface area contributed by atoms with Crippen LogP contribution in [-0.4, -0.2) is 53.6 Å². The number of nitrogens with zero attached hydrogens (tertiary/aromatic N) is 2. The van der Waals surface area contributed by atoms with Crippen molar-refractivity contribution < 1.29 is 37.3 Å². The van der Waals surface area contributed by atoms with Gasteiger partial charge in [-0.2, -0.15) is 13.2 Å². The number of hydrogen-bond acceptors (Lipinski definition) is 7. The Bertz CT molecular complexity index is 1050. The average molecular weight is 470 g/mol. The number of amides is 2. The summed E-state index contributed by atoms with van der Waals surface area (Å²) < 4.78 is 50.4. The van der Waals surface area contributed by atoms with Crippen molar-refractivity contribution in [2.24, 2.45) is 10.9 Å². The zero-order valence-electron chi connectivity index (χ0n) is 16.3. The van der Waals surface area contributed by atoms with Gasteiger partial charge in [-0.25, -0.2) is 14.8 Å². The van der Waals surface area contributed by atoms with Crippen LogP contribution in [0.3, 0.4) is 0 Å². The van der Waals surface area contributed by atoms with E-state index in [2.05, 4.69) is 20.6 Å². The quantitative estimate of drug-likeness (QED) is 0.633. The molecule has 2 aliphatic heterocycles. The van der Waals surface area contributed by atoms with Gasteiger partial charge in [-0.1, -0.05) is 18.2 Å². The van der Waals surface area contributed by atoms with E-state index in [0.717, 1.165) is 11.3 Å². The van der Waals surface area contributed by atoms with E-state index in [1.807, 2.05) is 0 Å². The van der Waals surface area contributed by atoms with Crippen molar-refractivity contribution in [2.75, 3.05) is 18.5 Å². The van der Waals surface area contributed by atoms with Gasteiger partial charge in [-0.05, 0) is 18.6 Å². The molecule has 3 heterocycles. The molecule has 0 saturated carbocycles.